The van der Waals surface area contributed by atoms with Crippen molar-refractivity contribution in [2.24, 2.45) is 0 Å². The number of amides is 1. The van der Waals surface area contributed by atoms with Crippen molar-refractivity contribution in [3.8, 4) is 0 Å². The van der Waals surface area contributed by atoms with Gasteiger partial charge in [-0.1, -0.05) is 35.6 Å². The molecule has 1 N–H and O–H groups in total. The highest BCUT2D eigenvalue weighted by Gasteiger charge is 2.22. The number of non-ortho nitro benzene ring substituents is 1. The third kappa shape index (κ3) is 4.15. The van der Waals surface area contributed by atoms with Crippen LogP contribution >= 0.6 is 11.3 Å². The first kappa shape index (κ1) is 21.4. The molecule has 0 fully saturated rings. The zero-order valence-electron chi connectivity index (χ0n) is 16.6. The molecule has 0 unspecified atom stereocenters. The lowest BCUT2D eigenvalue weighted by Crippen LogP contribution is -2.26. The Bertz CT molecular complexity index is 1440. The summed E-state index contributed by atoms with van der Waals surface area (Å²) in [6.45, 7) is 0. The summed E-state index contributed by atoms with van der Waals surface area (Å²) in [5, 5.41) is 13.8. The monoisotopic (exact) mass is 468 g/mol. The van der Waals surface area contributed by atoms with Gasteiger partial charge in [0.25, 0.3) is 21.6 Å². The number of aromatic nitrogens is 1. The van der Waals surface area contributed by atoms with Crippen LogP contribution in [0.5, 0.6) is 0 Å². The molecule has 0 aliphatic heterocycles. The Hall–Kier alpha value is -3.83. The minimum atomic E-state index is -3.88. The Morgan fingerprint density at radius 1 is 1.06 bits per heavy atom. The zero-order chi connectivity index (χ0) is 22.9. The number of nitro groups is 1. The molecule has 1 amide bonds. The number of benzene rings is 3. The van der Waals surface area contributed by atoms with Gasteiger partial charge in [0.2, 0.25) is 0 Å². The minimum Gasteiger partial charge on any atom is -0.298 e. The Balaban J connectivity index is 1.58. The Labute approximate surface area is 187 Å². The van der Waals surface area contributed by atoms with Gasteiger partial charge in [-0.3, -0.25) is 24.5 Å². The average molecular weight is 469 g/mol. The van der Waals surface area contributed by atoms with E-state index in [0.717, 1.165) is 15.6 Å². The standard InChI is InChI=1S/C21H16N4O5S2/c1-24(15-7-3-2-4-8-15)32(29,30)17-9-5-6-14(12-17)20(26)23-21-22-18-11-10-16(25(27)28)13-19(18)31-21/h2-13H,1H3,(H,22,23,26). The Morgan fingerprint density at radius 3 is 2.53 bits per heavy atom. The van der Waals surface area contributed by atoms with Crippen molar-refractivity contribution in [1.82, 2.24) is 4.98 Å². The second-order valence-electron chi connectivity index (χ2n) is 6.72. The van der Waals surface area contributed by atoms with Gasteiger partial charge in [0.15, 0.2) is 5.13 Å². The molecule has 0 radical (unpaired) electrons. The molecule has 9 nitrogen and oxygen atoms in total. The van der Waals surface area contributed by atoms with Crippen molar-refractivity contribution in [3.63, 3.8) is 0 Å². The van der Waals surface area contributed by atoms with Crippen LogP contribution in [0.3, 0.4) is 0 Å². The Morgan fingerprint density at radius 2 is 1.81 bits per heavy atom. The molecule has 3 aromatic carbocycles. The van der Waals surface area contributed by atoms with Crippen LogP contribution in [0.25, 0.3) is 10.2 Å². The second kappa shape index (κ2) is 8.36. The van der Waals surface area contributed by atoms with Crippen molar-refractivity contribution in [3.05, 3.63) is 88.5 Å². The molecule has 0 atom stereocenters. The van der Waals surface area contributed by atoms with Crippen molar-refractivity contribution < 1.29 is 18.1 Å². The van der Waals surface area contributed by atoms with E-state index in [1.165, 1.54) is 49.5 Å². The third-order valence-electron chi connectivity index (χ3n) is 4.68. The highest BCUT2D eigenvalue weighted by atomic mass is 32.2. The number of nitrogens with one attached hydrogen (secondary N) is 1. The molecular formula is C21H16N4O5S2. The van der Waals surface area contributed by atoms with E-state index in [1.54, 1.807) is 30.3 Å². The summed E-state index contributed by atoms with van der Waals surface area (Å²) in [6.07, 6.45) is 0. The quantitative estimate of drug-likeness (QED) is 0.333. The first-order chi connectivity index (χ1) is 15.3. The minimum absolute atomic E-state index is 0.0311. The number of hydrogen-bond acceptors (Lipinski definition) is 7. The van der Waals surface area contributed by atoms with E-state index in [4.69, 9.17) is 0 Å². The second-order valence-corrected chi connectivity index (χ2v) is 9.72. The highest BCUT2D eigenvalue weighted by Crippen LogP contribution is 2.29. The van der Waals surface area contributed by atoms with Gasteiger partial charge in [0, 0.05) is 24.7 Å². The third-order valence-corrected chi connectivity index (χ3v) is 7.39. The van der Waals surface area contributed by atoms with E-state index < -0.39 is 20.9 Å². The smallest absolute Gasteiger partial charge is 0.270 e. The normalized spacial score (nSPS) is 11.3. The lowest BCUT2D eigenvalue weighted by atomic mass is 10.2. The number of sulfonamides is 1. The summed E-state index contributed by atoms with van der Waals surface area (Å²) in [5.74, 6) is -0.544. The predicted molar refractivity (Wildman–Crippen MR) is 123 cm³/mol. The summed E-state index contributed by atoms with van der Waals surface area (Å²) in [7, 11) is -2.44. The van der Waals surface area contributed by atoms with Crippen molar-refractivity contribution in [1.29, 1.82) is 0 Å². The molecule has 0 bridgehead atoms. The first-order valence-electron chi connectivity index (χ1n) is 9.26. The molecule has 11 heteroatoms. The molecule has 162 valence electrons. The summed E-state index contributed by atoms with van der Waals surface area (Å²) in [6, 6.07) is 18.5. The summed E-state index contributed by atoms with van der Waals surface area (Å²) < 4.78 is 27.7. The number of carbonyl (C=O) groups excluding carboxylic acids is 1. The number of carbonyl (C=O) groups is 1. The van der Waals surface area contributed by atoms with Gasteiger partial charge in [0.05, 0.1) is 25.7 Å². The fraction of sp³-hybridized carbons (Fsp3) is 0.0476. The van der Waals surface area contributed by atoms with Crippen LogP contribution in [0.2, 0.25) is 0 Å². The summed E-state index contributed by atoms with van der Waals surface area (Å²) >= 11 is 1.09. The molecule has 4 rings (SSSR count). The lowest BCUT2D eigenvalue weighted by molar-refractivity contribution is -0.384. The maximum atomic E-state index is 13.0. The topological polar surface area (TPSA) is 123 Å². The van der Waals surface area contributed by atoms with Crippen molar-refractivity contribution in [2.45, 2.75) is 4.90 Å². The maximum Gasteiger partial charge on any atom is 0.270 e. The Kier molecular flexibility index (Phi) is 5.59. The summed E-state index contributed by atoms with van der Waals surface area (Å²) in [4.78, 5) is 27.4. The van der Waals surface area contributed by atoms with Gasteiger partial charge >= 0.3 is 0 Å². The number of fused-ring (bicyclic) bond motifs is 1. The van der Waals surface area contributed by atoms with Crippen LogP contribution < -0.4 is 9.62 Å². The maximum absolute atomic E-state index is 13.0. The predicted octanol–water partition coefficient (Wildman–Crippen LogP) is 4.28. The molecule has 0 spiro atoms. The van der Waals surface area contributed by atoms with Crippen LogP contribution in [0.4, 0.5) is 16.5 Å². The fourth-order valence-corrected chi connectivity index (χ4v) is 5.12. The van der Waals surface area contributed by atoms with Gasteiger partial charge in [-0.2, -0.15) is 0 Å². The van der Waals surface area contributed by atoms with Crippen LogP contribution in [0, 0.1) is 10.1 Å². The highest BCUT2D eigenvalue weighted by molar-refractivity contribution is 7.92. The number of thiazole rings is 1. The van der Waals surface area contributed by atoms with Crippen LogP contribution in [-0.4, -0.2) is 31.3 Å². The zero-order valence-corrected chi connectivity index (χ0v) is 18.3. The van der Waals surface area contributed by atoms with E-state index in [0.29, 0.717) is 15.9 Å². The molecule has 1 heterocycles. The van der Waals surface area contributed by atoms with Gasteiger partial charge < -0.3 is 0 Å². The lowest BCUT2D eigenvalue weighted by Gasteiger charge is -2.19. The molecule has 32 heavy (non-hydrogen) atoms. The summed E-state index contributed by atoms with van der Waals surface area (Å²) in [5.41, 5.74) is 1.07. The number of para-hydroxylation sites is 1. The van der Waals surface area contributed by atoms with E-state index in [-0.39, 0.29) is 21.3 Å². The SMILES string of the molecule is CN(c1ccccc1)S(=O)(=O)c1cccc(C(=O)Nc2nc3ccc([N+](=O)[O-])cc3s2)c1. The van der Waals surface area contributed by atoms with E-state index in [1.807, 2.05) is 0 Å². The fourth-order valence-electron chi connectivity index (χ4n) is 2.98. The largest absolute Gasteiger partial charge is 0.298 e. The number of nitro benzene ring substituents is 1. The van der Waals surface area contributed by atoms with Gasteiger partial charge in [-0.25, -0.2) is 13.4 Å². The molecular weight excluding hydrogens is 452 g/mol. The molecule has 0 aliphatic rings. The number of nitrogens with zero attached hydrogens (tertiary/aromatic N) is 3. The number of rotatable bonds is 6. The average Bonchev–Trinajstić information content (AvgIpc) is 3.20. The van der Waals surface area contributed by atoms with Gasteiger partial charge in [-0.05, 0) is 36.4 Å². The van der Waals surface area contributed by atoms with E-state index >= 15 is 0 Å². The van der Waals surface area contributed by atoms with Crippen LogP contribution in [0.1, 0.15) is 10.4 Å². The molecule has 4 aromatic rings. The number of hydrogen-bond donors (Lipinski definition) is 1. The van der Waals surface area contributed by atoms with Gasteiger partial charge in [0.1, 0.15) is 0 Å². The molecule has 1 aromatic heterocycles. The molecule has 0 aliphatic carbocycles. The van der Waals surface area contributed by atoms with Crippen molar-refractivity contribution in [2.75, 3.05) is 16.7 Å². The van der Waals surface area contributed by atoms with Crippen molar-refractivity contribution >= 4 is 54.0 Å². The van der Waals surface area contributed by atoms with E-state index in [2.05, 4.69) is 10.3 Å². The molecule has 0 saturated carbocycles. The van der Waals surface area contributed by atoms with Gasteiger partial charge in [-0.15, -0.1) is 0 Å². The van der Waals surface area contributed by atoms with E-state index in [9.17, 15) is 23.3 Å². The molecule has 0 saturated heterocycles. The first-order valence-corrected chi connectivity index (χ1v) is 11.5. The van der Waals surface area contributed by atoms with Crippen LogP contribution in [-0.2, 0) is 10.0 Å². The van der Waals surface area contributed by atoms with Crippen LogP contribution in [0.15, 0.2) is 77.7 Å². The number of anilines is 2.